The number of hydrogen-bond donors (Lipinski definition) is 3. The van der Waals surface area contributed by atoms with E-state index in [0.717, 1.165) is 4.57 Å². The van der Waals surface area contributed by atoms with Crippen LogP contribution in [-0.4, -0.2) is 81.5 Å². The Morgan fingerprint density at radius 1 is 1.40 bits per heavy atom. The molecule has 2 aromatic heterocycles. The number of aliphatic hydroxyl groups excluding tert-OH is 1. The number of aromatic nitrogens is 2. The third kappa shape index (κ3) is 5.15. The highest BCUT2D eigenvalue weighted by Crippen LogP contribution is 2.42. The van der Waals surface area contributed by atoms with E-state index in [9.17, 15) is 32.1 Å². The van der Waals surface area contributed by atoms with Crippen LogP contribution in [0.1, 0.15) is 18.2 Å². The van der Waals surface area contributed by atoms with Gasteiger partial charge in [0.25, 0.3) is 5.92 Å². The first kappa shape index (κ1) is 26.2. The fourth-order valence-electron chi connectivity index (χ4n) is 4.31. The van der Waals surface area contributed by atoms with Gasteiger partial charge in [-0.25, -0.2) is 26.6 Å². The second-order valence-electron chi connectivity index (χ2n) is 8.43. The Morgan fingerprint density at radius 3 is 2.66 bits per heavy atom. The molecule has 0 radical (unpaired) electrons. The molecule has 0 spiro atoms. The normalized spacial score (nSPS) is 27.0. The highest BCUT2D eigenvalue weighted by atomic mass is 35.5. The van der Waals surface area contributed by atoms with Crippen LogP contribution in [0.5, 0.6) is 0 Å². The fraction of sp³-hybridized carbons (Fsp3) is 0.556. The molecule has 4 rings (SSSR count). The number of fused-ring (bicyclic) bond motifs is 1. The highest BCUT2D eigenvalue weighted by Gasteiger charge is 2.48. The van der Waals surface area contributed by atoms with Crippen LogP contribution in [0.3, 0.4) is 0 Å². The molecule has 17 heteroatoms. The maximum Gasteiger partial charge on any atom is 0.340 e. The van der Waals surface area contributed by atoms with E-state index in [1.54, 1.807) is 0 Å². The van der Waals surface area contributed by atoms with Gasteiger partial charge in [-0.05, 0) is 6.07 Å². The predicted octanol–water partition coefficient (Wildman–Crippen LogP) is 1.55. The summed E-state index contributed by atoms with van der Waals surface area (Å²) in [5, 5.41) is 19.6. The van der Waals surface area contributed by atoms with E-state index in [2.05, 4.69) is 4.98 Å². The number of sulfone groups is 1. The van der Waals surface area contributed by atoms with Crippen LogP contribution < -0.4 is 4.90 Å². The standard InChI is InChI=1S/C18H19ClF3N4O7PS/c19-15-10(5-23)13(25-4-2-18(21,22)7-25)9-1-3-26(16(9)24-15)17-12(20)14(27)11(33-17)6-35(31,32)8-34(28,29)30/h1,3,11-12,14,17,27H,2,4,6-8H2,(H2,28,29,30)/t11-,12+,14-,17-/m1/s1. The van der Waals surface area contributed by atoms with Gasteiger partial charge in [0, 0.05) is 24.5 Å². The first-order chi connectivity index (χ1) is 16.1. The molecule has 2 aliphatic heterocycles. The Kier molecular flexibility index (Phi) is 6.63. The minimum atomic E-state index is -4.95. The summed E-state index contributed by atoms with van der Waals surface area (Å²) < 4.78 is 84.5. The zero-order valence-corrected chi connectivity index (χ0v) is 20.1. The lowest BCUT2D eigenvalue weighted by Crippen LogP contribution is -2.34. The van der Waals surface area contributed by atoms with Crippen LogP contribution in [0.15, 0.2) is 12.3 Å². The van der Waals surface area contributed by atoms with Crippen LogP contribution >= 0.6 is 19.2 Å². The molecule has 2 aromatic rings. The highest BCUT2D eigenvalue weighted by molar-refractivity contribution is 7.97. The number of nitriles is 1. The molecule has 2 fully saturated rings. The average molecular weight is 559 g/mol. The van der Waals surface area contributed by atoms with Crippen molar-refractivity contribution in [2.24, 2.45) is 0 Å². The van der Waals surface area contributed by atoms with Gasteiger partial charge >= 0.3 is 7.60 Å². The van der Waals surface area contributed by atoms with Gasteiger partial charge in [0.1, 0.15) is 29.5 Å². The van der Waals surface area contributed by atoms with Gasteiger partial charge in [-0.3, -0.25) is 4.57 Å². The molecule has 3 N–H and O–H groups in total. The zero-order chi connectivity index (χ0) is 25.9. The number of alkyl halides is 3. The summed E-state index contributed by atoms with van der Waals surface area (Å²) in [5.41, 5.74) is -1.63. The molecule has 4 atom stereocenters. The Labute approximate surface area is 201 Å². The van der Waals surface area contributed by atoms with E-state index < -0.39 is 72.2 Å². The maximum absolute atomic E-state index is 15.0. The van der Waals surface area contributed by atoms with Crippen LogP contribution in [-0.2, 0) is 19.1 Å². The molecule has 2 saturated heterocycles. The van der Waals surface area contributed by atoms with Crippen molar-refractivity contribution in [2.45, 2.75) is 37.0 Å². The molecular formula is C18H19ClF3N4O7PS. The summed E-state index contributed by atoms with van der Waals surface area (Å²) in [6, 6.07) is 3.22. The largest absolute Gasteiger partial charge is 0.387 e. The number of hydrogen-bond acceptors (Lipinski definition) is 8. The number of rotatable bonds is 6. The van der Waals surface area contributed by atoms with Gasteiger partial charge in [0.2, 0.25) is 0 Å². The second kappa shape index (κ2) is 8.88. The number of anilines is 1. The summed E-state index contributed by atoms with van der Waals surface area (Å²) >= 11 is 6.14. The molecule has 0 unspecified atom stereocenters. The first-order valence-corrected chi connectivity index (χ1v) is 14.1. The lowest BCUT2D eigenvalue weighted by atomic mass is 10.1. The van der Waals surface area contributed by atoms with Gasteiger partial charge < -0.3 is 29.1 Å². The van der Waals surface area contributed by atoms with Crippen LogP contribution in [0.2, 0.25) is 5.15 Å². The number of aliphatic hydroxyl groups is 1. The van der Waals surface area contributed by atoms with Crippen molar-refractivity contribution < 1.29 is 45.8 Å². The van der Waals surface area contributed by atoms with Crippen molar-refractivity contribution in [3.63, 3.8) is 0 Å². The first-order valence-electron chi connectivity index (χ1n) is 10.1. The van der Waals surface area contributed by atoms with E-state index >= 15 is 4.39 Å². The minimum Gasteiger partial charge on any atom is -0.387 e. The van der Waals surface area contributed by atoms with Crippen LogP contribution in [0.25, 0.3) is 11.0 Å². The minimum absolute atomic E-state index is 0.0576. The summed E-state index contributed by atoms with van der Waals surface area (Å²) in [7, 11) is -9.38. The summed E-state index contributed by atoms with van der Waals surface area (Å²) in [4.78, 5) is 23.2. The van der Waals surface area contributed by atoms with E-state index in [4.69, 9.17) is 26.1 Å². The average Bonchev–Trinajstić information content (AvgIpc) is 3.36. The smallest absolute Gasteiger partial charge is 0.340 e. The van der Waals surface area contributed by atoms with Crippen molar-refractivity contribution in [1.82, 2.24) is 9.55 Å². The molecule has 35 heavy (non-hydrogen) atoms. The molecule has 4 heterocycles. The van der Waals surface area contributed by atoms with Crippen molar-refractivity contribution in [3.8, 4) is 6.07 Å². The van der Waals surface area contributed by atoms with Crippen LogP contribution in [0.4, 0.5) is 18.9 Å². The quantitative estimate of drug-likeness (QED) is 0.350. The van der Waals surface area contributed by atoms with E-state index in [0.29, 0.717) is 0 Å². The van der Waals surface area contributed by atoms with Gasteiger partial charge in [0.05, 0.1) is 18.0 Å². The second-order valence-corrected chi connectivity index (χ2v) is 13.0. The number of nitrogens with zero attached hydrogens (tertiary/aromatic N) is 4. The molecular weight excluding hydrogens is 540 g/mol. The topological polar surface area (TPSA) is 166 Å². The monoisotopic (exact) mass is 558 g/mol. The molecule has 11 nitrogen and oxygen atoms in total. The third-order valence-electron chi connectivity index (χ3n) is 5.74. The molecule has 0 bridgehead atoms. The molecule has 0 aromatic carbocycles. The maximum atomic E-state index is 15.0. The van der Waals surface area contributed by atoms with Crippen LogP contribution in [0, 0.1) is 11.3 Å². The van der Waals surface area contributed by atoms with Gasteiger partial charge in [-0.1, -0.05) is 11.6 Å². The Balaban J connectivity index is 1.71. The molecule has 192 valence electrons. The van der Waals surface area contributed by atoms with Crippen molar-refractivity contribution in [3.05, 3.63) is 23.0 Å². The lowest BCUT2D eigenvalue weighted by Gasteiger charge is -2.22. The van der Waals surface area contributed by atoms with Crippen molar-refractivity contribution in [1.29, 1.82) is 5.26 Å². The third-order valence-corrected chi connectivity index (χ3v) is 9.77. The lowest BCUT2D eigenvalue weighted by molar-refractivity contribution is -0.0119. The summed E-state index contributed by atoms with van der Waals surface area (Å²) in [6.45, 7) is -0.752. The van der Waals surface area contributed by atoms with Gasteiger partial charge in [-0.15, -0.1) is 0 Å². The van der Waals surface area contributed by atoms with Crippen molar-refractivity contribution >= 4 is 45.8 Å². The van der Waals surface area contributed by atoms with Crippen molar-refractivity contribution in [2.75, 3.05) is 29.2 Å². The van der Waals surface area contributed by atoms with E-state index in [1.165, 1.54) is 17.2 Å². The Morgan fingerprint density at radius 2 is 2.09 bits per heavy atom. The SMILES string of the molecule is N#Cc1c(Cl)nc2c(ccn2[C@@H]2O[C@H](CS(=O)(=O)CP(=O)(O)O)[C@@H](O)[C@@H]2F)c1N1CCC(F)(F)C1. The number of pyridine rings is 1. The number of halogens is 4. The summed E-state index contributed by atoms with van der Waals surface area (Å²) in [6.07, 6.45) is -6.61. The molecule has 0 amide bonds. The van der Waals surface area contributed by atoms with Gasteiger partial charge in [0.15, 0.2) is 32.9 Å². The molecule has 0 saturated carbocycles. The Hall–Kier alpha value is -1.92. The predicted molar refractivity (Wildman–Crippen MR) is 117 cm³/mol. The van der Waals surface area contributed by atoms with E-state index in [-0.39, 0.29) is 34.0 Å². The Bertz CT molecular complexity index is 1360. The van der Waals surface area contributed by atoms with E-state index in [1.807, 2.05) is 6.07 Å². The number of ether oxygens (including phenoxy) is 1. The molecule has 2 aliphatic rings. The molecule has 0 aliphatic carbocycles. The summed E-state index contributed by atoms with van der Waals surface area (Å²) in [5.74, 6) is -4.05. The fourth-order valence-corrected chi connectivity index (χ4v) is 7.77. The van der Waals surface area contributed by atoms with Gasteiger partial charge in [-0.2, -0.15) is 5.26 Å². The zero-order valence-electron chi connectivity index (χ0n) is 17.6.